The molecule has 0 saturated carbocycles. The minimum Gasteiger partial charge on any atom is -0.339 e. The van der Waals surface area contributed by atoms with Crippen molar-refractivity contribution in [2.24, 2.45) is 0 Å². The third-order valence-corrected chi connectivity index (χ3v) is 6.47. The lowest BCUT2D eigenvalue weighted by molar-refractivity contribution is 1.18. The summed E-state index contributed by atoms with van der Waals surface area (Å²) < 4.78 is 0. The monoisotopic (exact) mass is 431 g/mol. The molecule has 32 heavy (non-hydrogen) atoms. The molecule has 1 N–H and O–H groups in total. The second-order valence-corrected chi connectivity index (χ2v) is 8.57. The molecular weight excluding hydrogens is 410 g/mol. The van der Waals surface area contributed by atoms with Gasteiger partial charge in [-0.1, -0.05) is 78.9 Å². The number of nitrogens with one attached hydrogen (secondary N) is 1. The van der Waals surface area contributed by atoms with Crippen LogP contribution in [0.3, 0.4) is 0 Å². The van der Waals surface area contributed by atoms with Crippen LogP contribution in [-0.2, 0) is 5.75 Å². The molecule has 0 atom stereocenters. The zero-order chi connectivity index (χ0) is 21.8. The number of pyridine rings is 1. The van der Waals surface area contributed by atoms with E-state index in [4.69, 9.17) is 4.98 Å². The zero-order valence-electron chi connectivity index (χ0n) is 17.5. The summed E-state index contributed by atoms with van der Waals surface area (Å²) in [6.45, 7) is 0. The normalized spacial score (nSPS) is 13.9. The van der Waals surface area contributed by atoms with Gasteiger partial charge in [-0.3, -0.25) is 0 Å². The fourth-order valence-electron chi connectivity index (χ4n) is 4.00. The predicted octanol–water partition coefficient (Wildman–Crippen LogP) is 7.15. The van der Waals surface area contributed by atoms with Gasteiger partial charge < -0.3 is 5.32 Å². The van der Waals surface area contributed by atoms with E-state index in [0.29, 0.717) is 11.4 Å². The van der Waals surface area contributed by atoms with Gasteiger partial charge in [0.15, 0.2) is 0 Å². The van der Waals surface area contributed by atoms with Crippen LogP contribution in [0, 0.1) is 11.3 Å². The third kappa shape index (κ3) is 4.03. The number of fused-ring (bicyclic) bond motifs is 1. The first-order chi connectivity index (χ1) is 15.8. The SMILES string of the molecule is N#Cc1c(Nc2ccccc2)nc2c(c1-c1ccccc1)CSC/C2=C\c1ccccc1. The van der Waals surface area contributed by atoms with Gasteiger partial charge in [-0.25, -0.2) is 4.98 Å². The molecule has 1 aliphatic rings. The van der Waals surface area contributed by atoms with Gasteiger partial charge in [-0.2, -0.15) is 17.0 Å². The van der Waals surface area contributed by atoms with Crippen molar-refractivity contribution in [3.05, 3.63) is 113 Å². The van der Waals surface area contributed by atoms with Gasteiger partial charge in [0.25, 0.3) is 0 Å². The van der Waals surface area contributed by atoms with Gasteiger partial charge in [0.05, 0.1) is 5.69 Å². The smallest absolute Gasteiger partial charge is 0.149 e. The highest BCUT2D eigenvalue weighted by Crippen LogP contribution is 2.42. The Labute approximate surface area is 192 Å². The number of aromatic nitrogens is 1. The molecule has 0 aliphatic carbocycles. The molecule has 1 aromatic heterocycles. The minimum absolute atomic E-state index is 0.584. The number of benzene rings is 3. The molecule has 2 heterocycles. The molecule has 5 rings (SSSR count). The van der Waals surface area contributed by atoms with Crippen molar-refractivity contribution in [2.45, 2.75) is 5.75 Å². The third-order valence-electron chi connectivity index (χ3n) is 5.46. The zero-order valence-corrected chi connectivity index (χ0v) is 18.3. The summed E-state index contributed by atoms with van der Waals surface area (Å²) in [7, 11) is 0. The van der Waals surface area contributed by atoms with Crippen molar-refractivity contribution in [1.29, 1.82) is 5.26 Å². The van der Waals surface area contributed by atoms with Crippen LogP contribution >= 0.6 is 11.8 Å². The van der Waals surface area contributed by atoms with Crippen LogP contribution in [0.2, 0.25) is 0 Å². The number of nitriles is 1. The molecule has 0 radical (unpaired) electrons. The Balaban J connectivity index is 1.75. The van der Waals surface area contributed by atoms with Crippen LogP contribution in [-0.4, -0.2) is 10.7 Å². The topological polar surface area (TPSA) is 48.7 Å². The Morgan fingerprint density at radius 1 is 0.844 bits per heavy atom. The van der Waals surface area contributed by atoms with Gasteiger partial charge in [-0.15, -0.1) is 0 Å². The number of hydrogen-bond donors (Lipinski definition) is 1. The van der Waals surface area contributed by atoms with Crippen molar-refractivity contribution in [2.75, 3.05) is 11.1 Å². The van der Waals surface area contributed by atoms with Gasteiger partial charge in [0.2, 0.25) is 0 Å². The largest absolute Gasteiger partial charge is 0.339 e. The van der Waals surface area contributed by atoms with E-state index >= 15 is 0 Å². The highest BCUT2D eigenvalue weighted by molar-refractivity contribution is 7.99. The summed E-state index contributed by atoms with van der Waals surface area (Å²) >= 11 is 1.86. The van der Waals surface area contributed by atoms with Crippen LogP contribution in [0.15, 0.2) is 91.0 Å². The quantitative estimate of drug-likeness (QED) is 0.373. The minimum atomic E-state index is 0.584. The van der Waals surface area contributed by atoms with Crippen molar-refractivity contribution in [3.63, 3.8) is 0 Å². The molecule has 0 amide bonds. The summed E-state index contributed by atoms with van der Waals surface area (Å²) in [5.74, 6) is 2.32. The summed E-state index contributed by atoms with van der Waals surface area (Å²) in [4.78, 5) is 5.03. The molecule has 4 aromatic rings. The molecule has 0 bridgehead atoms. The summed E-state index contributed by atoms with van der Waals surface area (Å²) in [5, 5.41) is 13.6. The molecular formula is C28H21N3S. The van der Waals surface area contributed by atoms with Crippen molar-refractivity contribution < 1.29 is 0 Å². The van der Waals surface area contributed by atoms with Crippen LogP contribution in [0.5, 0.6) is 0 Å². The average molecular weight is 432 g/mol. The van der Waals surface area contributed by atoms with E-state index in [0.717, 1.165) is 45.1 Å². The molecule has 0 spiro atoms. The van der Waals surface area contributed by atoms with E-state index in [1.165, 1.54) is 5.57 Å². The van der Waals surface area contributed by atoms with E-state index in [9.17, 15) is 5.26 Å². The lowest BCUT2D eigenvalue weighted by atomic mass is 9.92. The number of hydrogen-bond acceptors (Lipinski definition) is 4. The number of anilines is 2. The molecule has 3 nitrogen and oxygen atoms in total. The maximum absolute atomic E-state index is 10.2. The van der Waals surface area contributed by atoms with Crippen molar-refractivity contribution >= 4 is 34.9 Å². The summed E-state index contributed by atoms with van der Waals surface area (Å²) in [6, 6.07) is 32.9. The van der Waals surface area contributed by atoms with Gasteiger partial charge >= 0.3 is 0 Å². The number of rotatable bonds is 4. The summed E-state index contributed by atoms with van der Waals surface area (Å²) in [5.41, 5.74) is 7.95. The Bertz CT molecular complexity index is 1310. The lowest BCUT2D eigenvalue weighted by Gasteiger charge is -2.24. The highest BCUT2D eigenvalue weighted by atomic mass is 32.2. The first-order valence-electron chi connectivity index (χ1n) is 10.5. The first kappa shape index (κ1) is 20.1. The molecule has 0 unspecified atom stereocenters. The molecule has 0 fully saturated rings. The van der Waals surface area contributed by atoms with E-state index < -0.39 is 0 Å². The first-order valence-corrected chi connectivity index (χ1v) is 11.7. The number of para-hydroxylation sites is 1. The van der Waals surface area contributed by atoms with Crippen LogP contribution < -0.4 is 5.32 Å². The molecule has 4 heteroatoms. The average Bonchev–Trinajstić information content (AvgIpc) is 2.85. The van der Waals surface area contributed by atoms with E-state index in [1.54, 1.807) is 0 Å². The Hall–Kier alpha value is -3.81. The molecule has 154 valence electrons. The van der Waals surface area contributed by atoms with E-state index in [1.807, 2.05) is 78.5 Å². The Morgan fingerprint density at radius 2 is 1.50 bits per heavy atom. The number of thioether (sulfide) groups is 1. The predicted molar refractivity (Wildman–Crippen MR) is 135 cm³/mol. The Kier molecular flexibility index (Phi) is 5.74. The maximum Gasteiger partial charge on any atom is 0.149 e. The van der Waals surface area contributed by atoms with Crippen LogP contribution in [0.1, 0.15) is 22.4 Å². The maximum atomic E-state index is 10.2. The van der Waals surface area contributed by atoms with Gasteiger partial charge in [-0.05, 0) is 40.5 Å². The highest BCUT2D eigenvalue weighted by Gasteiger charge is 2.26. The molecule has 1 aliphatic heterocycles. The fourth-order valence-corrected chi connectivity index (χ4v) is 5.03. The van der Waals surface area contributed by atoms with E-state index in [2.05, 4.69) is 41.7 Å². The second-order valence-electron chi connectivity index (χ2n) is 7.58. The standard InChI is InChI=1S/C28H21N3S/c29-17-24-26(21-12-6-2-7-13-21)25-19-32-18-22(16-20-10-4-1-5-11-20)27(25)31-28(24)30-23-14-8-3-9-15-23/h1-16H,18-19H2,(H,30,31)/b22-16+. The van der Waals surface area contributed by atoms with Crippen molar-refractivity contribution in [1.82, 2.24) is 4.98 Å². The number of nitrogens with zero attached hydrogens (tertiary/aromatic N) is 2. The Morgan fingerprint density at radius 3 is 2.19 bits per heavy atom. The van der Waals surface area contributed by atoms with Crippen LogP contribution in [0.25, 0.3) is 22.8 Å². The van der Waals surface area contributed by atoms with Gasteiger partial charge in [0.1, 0.15) is 17.5 Å². The fraction of sp³-hybridized carbons (Fsp3) is 0.0714. The lowest BCUT2D eigenvalue weighted by Crippen LogP contribution is -2.11. The van der Waals surface area contributed by atoms with Crippen molar-refractivity contribution in [3.8, 4) is 17.2 Å². The summed E-state index contributed by atoms with van der Waals surface area (Å²) in [6.07, 6.45) is 2.21. The molecule has 0 saturated heterocycles. The van der Waals surface area contributed by atoms with E-state index in [-0.39, 0.29) is 0 Å². The van der Waals surface area contributed by atoms with Crippen LogP contribution in [0.4, 0.5) is 11.5 Å². The van der Waals surface area contributed by atoms with Gasteiger partial charge in [0, 0.05) is 22.8 Å². The molecule has 3 aromatic carbocycles. The second kappa shape index (κ2) is 9.13.